The Balaban J connectivity index is 2.54. The van der Waals surface area contributed by atoms with Crippen molar-refractivity contribution in [1.29, 1.82) is 0 Å². The van der Waals surface area contributed by atoms with Gasteiger partial charge in [0, 0.05) is 5.41 Å². The zero-order valence-corrected chi connectivity index (χ0v) is 33.0. The first-order valence-corrected chi connectivity index (χ1v) is 20.8. The normalized spacial score (nSPS) is 12.6. The maximum Gasteiger partial charge on any atom is 0.121 e. The van der Waals surface area contributed by atoms with E-state index in [1.165, 1.54) is 172 Å². The average Bonchev–Trinajstić information content (AvgIpc) is 3.07. The maximum atomic E-state index is 10.9. The molecule has 274 valence electrons. The number of aromatic hydroxyl groups is 2. The summed E-state index contributed by atoms with van der Waals surface area (Å²) in [5, 5.41) is 21.8. The lowest BCUT2D eigenvalue weighted by molar-refractivity contribution is 0.257. The summed E-state index contributed by atoms with van der Waals surface area (Å²) < 4.78 is 0. The second kappa shape index (κ2) is 24.2. The zero-order valence-electron chi connectivity index (χ0n) is 33.0. The van der Waals surface area contributed by atoms with E-state index in [4.69, 9.17) is 0 Å². The van der Waals surface area contributed by atoms with Gasteiger partial charge in [-0.05, 0) is 86.3 Å². The highest BCUT2D eigenvalue weighted by Crippen LogP contribution is 2.51. The van der Waals surface area contributed by atoms with Gasteiger partial charge in [0.2, 0.25) is 0 Å². The molecule has 2 aromatic carbocycles. The standard InChI is InChI=1S/C46H78O2/c1-8-11-14-17-20-22-25-28-31-46(32-29-26-23-21-18-15-12-9-2,42-35-39(6)45(48)40(7)36-42)43(30-27-24-19-16-13-10-3)41-33-37(4)44(47)38(5)34-41/h33-36,43,47-48H,8-32H2,1-7H3. The molecule has 1 atom stereocenters. The molecule has 0 radical (unpaired) electrons. The van der Waals surface area contributed by atoms with Gasteiger partial charge in [-0.3, -0.25) is 0 Å². The van der Waals surface area contributed by atoms with Crippen LogP contribution in [-0.4, -0.2) is 10.2 Å². The molecular formula is C46H78O2. The van der Waals surface area contributed by atoms with E-state index < -0.39 is 0 Å². The molecule has 2 aromatic rings. The van der Waals surface area contributed by atoms with Gasteiger partial charge in [-0.1, -0.05) is 186 Å². The van der Waals surface area contributed by atoms with E-state index in [2.05, 4.69) is 72.7 Å². The highest BCUT2D eigenvalue weighted by molar-refractivity contribution is 5.49. The molecule has 0 amide bonds. The van der Waals surface area contributed by atoms with Crippen molar-refractivity contribution in [3.63, 3.8) is 0 Å². The number of aryl methyl sites for hydroxylation is 4. The summed E-state index contributed by atoms with van der Waals surface area (Å²) in [7, 11) is 0. The lowest BCUT2D eigenvalue weighted by Crippen LogP contribution is -2.35. The molecule has 0 saturated heterocycles. The van der Waals surface area contributed by atoms with Gasteiger partial charge in [0.25, 0.3) is 0 Å². The Morgan fingerprint density at radius 2 is 0.750 bits per heavy atom. The van der Waals surface area contributed by atoms with Crippen molar-refractivity contribution in [2.24, 2.45) is 0 Å². The molecule has 2 nitrogen and oxygen atoms in total. The quantitative estimate of drug-likeness (QED) is 0.0890. The maximum absolute atomic E-state index is 10.9. The van der Waals surface area contributed by atoms with Gasteiger partial charge >= 0.3 is 0 Å². The van der Waals surface area contributed by atoms with E-state index >= 15 is 0 Å². The van der Waals surface area contributed by atoms with Crippen LogP contribution >= 0.6 is 0 Å². The van der Waals surface area contributed by atoms with Crippen LogP contribution in [0.1, 0.15) is 221 Å². The molecule has 0 aromatic heterocycles. The van der Waals surface area contributed by atoms with Crippen LogP contribution in [0.4, 0.5) is 0 Å². The molecule has 0 saturated carbocycles. The number of phenolic OH excluding ortho intramolecular Hbond substituents is 2. The van der Waals surface area contributed by atoms with Gasteiger partial charge in [0.1, 0.15) is 11.5 Å². The predicted octanol–water partition coefficient (Wildman–Crippen LogP) is 15.2. The van der Waals surface area contributed by atoms with Crippen molar-refractivity contribution in [2.45, 2.75) is 220 Å². The zero-order chi connectivity index (χ0) is 35.2. The van der Waals surface area contributed by atoms with Gasteiger partial charge in [0.15, 0.2) is 0 Å². The van der Waals surface area contributed by atoms with Crippen LogP contribution in [0.5, 0.6) is 11.5 Å². The van der Waals surface area contributed by atoms with Crippen LogP contribution in [0, 0.1) is 27.7 Å². The van der Waals surface area contributed by atoms with Gasteiger partial charge < -0.3 is 10.2 Å². The number of hydrogen-bond acceptors (Lipinski definition) is 2. The topological polar surface area (TPSA) is 40.5 Å². The van der Waals surface area contributed by atoms with Crippen LogP contribution in [-0.2, 0) is 5.41 Å². The molecule has 2 rings (SSSR count). The van der Waals surface area contributed by atoms with Gasteiger partial charge in [-0.15, -0.1) is 0 Å². The van der Waals surface area contributed by atoms with Crippen LogP contribution in [0.25, 0.3) is 0 Å². The minimum absolute atomic E-state index is 0.00686. The summed E-state index contributed by atoms with van der Waals surface area (Å²) in [6.07, 6.45) is 32.8. The molecular weight excluding hydrogens is 585 g/mol. The highest BCUT2D eigenvalue weighted by atomic mass is 16.3. The SMILES string of the molecule is CCCCCCCCCCC(CCCCCCCCCC)(c1cc(C)c(O)c(C)c1)C(CCCCCCCC)c1cc(C)c(O)c(C)c1. The summed E-state index contributed by atoms with van der Waals surface area (Å²) in [6, 6.07) is 9.35. The number of benzene rings is 2. The number of phenols is 2. The molecule has 2 N–H and O–H groups in total. The largest absolute Gasteiger partial charge is 0.507 e. The molecule has 0 aliphatic rings. The Morgan fingerprint density at radius 3 is 1.12 bits per heavy atom. The molecule has 0 bridgehead atoms. The Kier molecular flexibility index (Phi) is 21.3. The van der Waals surface area contributed by atoms with Crippen molar-refractivity contribution in [3.8, 4) is 11.5 Å². The first-order chi connectivity index (χ1) is 23.2. The van der Waals surface area contributed by atoms with Crippen molar-refractivity contribution >= 4 is 0 Å². The first kappa shape index (κ1) is 42.2. The van der Waals surface area contributed by atoms with E-state index in [0.717, 1.165) is 22.3 Å². The molecule has 0 aliphatic heterocycles. The molecule has 0 spiro atoms. The van der Waals surface area contributed by atoms with Crippen LogP contribution < -0.4 is 0 Å². The van der Waals surface area contributed by atoms with Crippen LogP contribution in [0.3, 0.4) is 0 Å². The number of unbranched alkanes of at least 4 members (excludes halogenated alkanes) is 19. The number of hydrogen-bond donors (Lipinski definition) is 2. The Bertz CT molecular complexity index is 1060. The summed E-state index contributed by atoms with van der Waals surface area (Å²) >= 11 is 0. The fraction of sp³-hybridized carbons (Fsp3) is 0.739. The third-order valence-corrected chi connectivity index (χ3v) is 11.4. The Labute approximate surface area is 298 Å². The second-order valence-electron chi connectivity index (χ2n) is 15.7. The monoisotopic (exact) mass is 663 g/mol. The van der Waals surface area contributed by atoms with Crippen molar-refractivity contribution < 1.29 is 10.2 Å². The fourth-order valence-corrected chi connectivity index (χ4v) is 8.44. The van der Waals surface area contributed by atoms with E-state index in [1.54, 1.807) is 0 Å². The second-order valence-corrected chi connectivity index (χ2v) is 15.7. The molecule has 48 heavy (non-hydrogen) atoms. The van der Waals surface area contributed by atoms with Crippen LogP contribution in [0.2, 0.25) is 0 Å². The van der Waals surface area contributed by atoms with Crippen molar-refractivity contribution in [3.05, 3.63) is 57.6 Å². The van der Waals surface area contributed by atoms with Crippen LogP contribution in [0.15, 0.2) is 24.3 Å². The average molecular weight is 663 g/mol. The lowest BCUT2D eigenvalue weighted by atomic mass is 9.60. The smallest absolute Gasteiger partial charge is 0.121 e. The minimum atomic E-state index is 0.00686. The Hall–Kier alpha value is -1.96. The first-order valence-electron chi connectivity index (χ1n) is 20.8. The van der Waals surface area contributed by atoms with Crippen molar-refractivity contribution in [2.75, 3.05) is 0 Å². The molecule has 1 unspecified atom stereocenters. The van der Waals surface area contributed by atoms with Crippen molar-refractivity contribution in [1.82, 2.24) is 0 Å². The van der Waals surface area contributed by atoms with Gasteiger partial charge in [-0.25, -0.2) is 0 Å². The Morgan fingerprint density at radius 1 is 0.438 bits per heavy atom. The van der Waals surface area contributed by atoms with E-state index in [9.17, 15) is 10.2 Å². The molecule has 0 heterocycles. The van der Waals surface area contributed by atoms with E-state index in [1.807, 2.05) is 0 Å². The summed E-state index contributed by atoms with van der Waals surface area (Å²) in [5.41, 5.74) is 6.90. The van der Waals surface area contributed by atoms with Gasteiger partial charge in [-0.2, -0.15) is 0 Å². The highest BCUT2D eigenvalue weighted by Gasteiger charge is 2.41. The number of rotatable bonds is 28. The summed E-state index contributed by atoms with van der Waals surface area (Å²) in [4.78, 5) is 0. The third-order valence-electron chi connectivity index (χ3n) is 11.4. The molecule has 0 aliphatic carbocycles. The molecule has 2 heteroatoms. The van der Waals surface area contributed by atoms with E-state index in [0.29, 0.717) is 17.4 Å². The van der Waals surface area contributed by atoms with E-state index in [-0.39, 0.29) is 5.41 Å². The lowest BCUT2D eigenvalue weighted by Gasteiger charge is -2.44. The minimum Gasteiger partial charge on any atom is -0.507 e. The third kappa shape index (κ3) is 14.1. The summed E-state index contributed by atoms with van der Waals surface area (Å²) in [6.45, 7) is 15.3. The molecule has 0 fully saturated rings. The predicted molar refractivity (Wildman–Crippen MR) is 212 cm³/mol. The van der Waals surface area contributed by atoms with Gasteiger partial charge in [0.05, 0.1) is 0 Å². The fourth-order valence-electron chi connectivity index (χ4n) is 8.44. The summed E-state index contributed by atoms with van der Waals surface area (Å²) in [5.74, 6) is 1.29.